The summed E-state index contributed by atoms with van der Waals surface area (Å²) in [6.45, 7) is 4.21. The quantitative estimate of drug-likeness (QED) is 0.784. The Morgan fingerprint density at radius 2 is 2.20 bits per heavy atom. The smallest absolute Gasteiger partial charge is 0.312 e. The van der Waals surface area contributed by atoms with Crippen LogP contribution in [0.1, 0.15) is 19.4 Å². The molecule has 0 aliphatic carbocycles. The molecule has 82 valence electrons. The van der Waals surface area contributed by atoms with E-state index in [4.69, 9.17) is 5.73 Å². The molecular formula is C11H15FN2O. The van der Waals surface area contributed by atoms with Crippen LogP contribution in [0.15, 0.2) is 24.3 Å². The van der Waals surface area contributed by atoms with Crippen molar-refractivity contribution in [2.45, 2.75) is 19.3 Å². The van der Waals surface area contributed by atoms with Gasteiger partial charge in [0.1, 0.15) is 5.82 Å². The number of hydrogen-bond acceptors (Lipinski definition) is 1. The number of carbonyl (C=O) groups is 1. The van der Waals surface area contributed by atoms with E-state index in [1.165, 1.54) is 12.1 Å². The summed E-state index contributed by atoms with van der Waals surface area (Å²) in [5.74, 6) is -0.278. The maximum Gasteiger partial charge on any atom is 0.312 e. The summed E-state index contributed by atoms with van der Waals surface area (Å²) < 4.78 is 13.0. The Morgan fingerprint density at radius 1 is 1.53 bits per heavy atom. The van der Waals surface area contributed by atoms with Crippen molar-refractivity contribution < 1.29 is 9.18 Å². The molecule has 0 aromatic heterocycles. The van der Waals surface area contributed by atoms with E-state index in [1.54, 1.807) is 6.07 Å². The summed E-state index contributed by atoms with van der Waals surface area (Å²) in [4.78, 5) is 10.6. The fraction of sp³-hybridized carbons (Fsp3) is 0.364. The number of benzene rings is 1. The molecule has 0 saturated carbocycles. The highest BCUT2D eigenvalue weighted by atomic mass is 19.1. The number of nitrogens with one attached hydrogen (secondary N) is 1. The Bertz CT molecular complexity index is 363. The van der Waals surface area contributed by atoms with Gasteiger partial charge in [-0.15, -0.1) is 0 Å². The van der Waals surface area contributed by atoms with E-state index in [-0.39, 0.29) is 11.2 Å². The SMILES string of the molecule is CC(C)(CNC(N)=O)c1cccc(F)c1. The van der Waals surface area contributed by atoms with Crippen LogP contribution in [0.3, 0.4) is 0 Å². The number of halogens is 1. The van der Waals surface area contributed by atoms with Gasteiger partial charge in [0.25, 0.3) is 0 Å². The molecule has 0 bridgehead atoms. The molecule has 15 heavy (non-hydrogen) atoms. The standard InChI is InChI=1S/C11H15FN2O/c1-11(2,7-14-10(13)15)8-4-3-5-9(12)6-8/h3-6H,7H2,1-2H3,(H3,13,14,15). The van der Waals surface area contributed by atoms with E-state index in [9.17, 15) is 9.18 Å². The van der Waals surface area contributed by atoms with Crippen LogP contribution in [0.5, 0.6) is 0 Å². The third kappa shape index (κ3) is 3.23. The van der Waals surface area contributed by atoms with Crippen LogP contribution in [0.2, 0.25) is 0 Å². The van der Waals surface area contributed by atoms with Crippen LogP contribution >= 0.6 is 0 Å². The molecule has 0 fully saturated rings. The van der Waals surface area contributed by atoms with Crippen molar-refractivity contribution in [2.24, 2.45) is 5.73 Å². The minimum absolute atomic E-state index is 0.278. The van der Waals surface area contributed by atoms with Crippen molar-refractivity contribution in [3.8, 4) is 0 Å². The summed E-state index contributed by atoms with van der Waals surface area (Å²) in [7, 11) is 0. The highest BCUT2D eigenvalue weighted by Crippen LogP contribution is 2.22. The lowest BCUT2D eigenvalue weighted by Crippen LogP contribution is -2.39. The Balaban J connectivity index is 2.80. The van der Waals surface area contributed by atoms with Crippen LogP contribution in [0, 0.1) is 5.82 Å². The molecule has 1 aromatic carbocycles. The second-order valence-electron chi connectivity index (χ2n) is 4.11. The lowest BCUT2D eigenvalue weighted by atomic mass is 9.84. The van der Waals surface area contributed by atoms with Gasteiger partial charge in [0, 0.05) is 12.0 Å². The highest BCUT2D eigenvalue weighted by Gasteiger charge is 2.21. The van der Waals surface area contributed by atoms with Gasteiger partial charge >= 0.3 is 6.03 Å². The molecule has 3 nitrogen and oxygen atoms in total. The number of amides is 2. The van der Waals surface area contributed by atoms with Crippen molar-refractivity contribution in [1.82, 2.24) is 5.32 Å². The first-order chi connectivity index (χ1) is 6.92. The Labute approximate surface area is 88.5 Å². The molecule has 0 aliphatic heterocycles. The lowest BCUT2D eigenvalue weighted by Gasteiger charge is -2.25. The monoisotopic (exact) mass is 210 g/mol. The first-order valence-electron chi connectivity index (χ1n) is 4.71. The third-order valence-corrected chi connectivity index (χ3v) is 2.31. The first-order valence-corrected chi connectivity index (χ1v) is 4.71. The summed E-state index contributed by atoms with van der Waals surface area (Å²) in [5, 5.41) is 2.52. The number of carbonyl (C=O) groups excluding carboxylic acids is 1. The molecule has 0 spiro atoms. The van der Waals surface area contributed by atoms with E-state index in [0.717, 1.165) is 5.56 Å². The molecule has 0 heterocycles. The molecule has 1 rings (SSSR count). The highest BCUT2D eigenvalue weighted by molar-refractivity contribution is 5.71. The largest absolute Gasteiger partial charge is 0.352 e. The van der Waals surface area contributed by atoms with Crippen LogP contribution < -0.4 is 11.1 Å². The first kappa shape index (κ1) is 11.5. The maximum atomic E-state index is 13.0. The van der Waals surface area contributed by atoms with E-state index in [0.29, 0.717) is 6.54 Å². The van der Waals surface area contributed by atoms with Gasteiger partial charge in [0.05, 0.1) is 0 Å². The van der Waals surface area contributed by atoms with Gasteiger partial charge in [0.15, 0.2) is 0 Å². The Kier molecular flexibility index (Phi) is 3.29. The summed E-state index contributed by atoms with van der Waals surface area (Å²) in [5.41, 5.74) is 5.48. The molecule has 1 aromatic rings. The van der Waals surface area contributed by atoms with Gasteiger partial charge in [-0.1, -0.05) is 26.0 Å². The van der Waals surface area contributed by atoms with Gasteiger partial charge in [0.2, 0.25) is 0 Å². The van der Waals surface area contributed by atoms with Crippen LogP contribution in [0.25, 0.3) is 0 Å². The zero-order chi connectivity index (χ0) is 11.5. The molecule has 0 saturated heterocycles. The van der Waals surface area contributed by atoms with Gasteiger partial charge < -0.3 is 11.1 Å². The number of urea groups is 1. The number of primary amides is 1. The van der Waals surface area contributed by atoms with Crippen LogP contribution in [-0.2, 0) is 5.41 Å². The summed E-state index contributed by atoms with van der Waals surface area (Å²) in [6, 6.07) is 5.76. The summed E-state index contributed by atoms with van der Waals surface area (Å²) in [6.07, 6.45) is 0. The third-order valence-electron chi connectivity index (χ3n) is 2.31. The number of rotatable bonds is 3. The van der Waals surface area contributed by atoms with Crippen LogP contribution in [0.4, 0.5) is 9.18 Å². The second kappa shape index (κ2) is 4.29. The predicted molar refractivity (Wildman–Crippen MR) is 57.0 cm³/mol. The van der Waals surface area contributed by atoms with E-state index < -0.39 is 6.03 Å². The Hall–Kier alpha value is -1.58. The zero-order valence-corrected chi connectivity index (χ0v) is 8.88. The molecule has 4 heteroatoms. The van der Waals surface area contributed by atoms with E-state index >= 15 is 0 Å². The molecule has 0 radical (unpaired) electrons. The topological polar surface area (TPSA) is 55.1 Å². The maximum absolute atomic E-state index is 13.0. The lowest BCUT2D eigenvalue weighted by molar-refractivity contribution is 0.246. The van der Waals surface area contributed by atoms with Crippen molar-refractivity contribution in [3.63, 3.8) is 0 Å². The van der Waals surface area contributed by atoms with Gasteiger partial charge in [-0.2, -0.15) is 0 Å². The molecular weight excluding hydrogens is 195 g/mol. The molecule has 0 unspecified atom stereocenters. The van der Waals surface area contributed by atoms with Crippen molar-refractivity contribution >= 4 is 6.03 Å². The molecule has 0 atom stereocenters. The van der Waals surface area contributed by atoms with E-state index in [1.807, 2.05) is 19.9 Å². The predicted octanol–water partition coefficient (Wildman–Crippen LogP) is 1.77. The van der Waals surface area contributed by atoms with Gasteiger partial charge in [-0.05, 0) is 17.7 Å². The van der Waals surface area contributed by atoms with Crippen molar-refractivity contribution in [2.75, 3.05) is 6.54 Å². The minimum atomic E-state index is -0.570. The fourth-order valence-electron chi connectivity index (χ4n) is 1.32. The van der Waals surface area contributed by atoms with Crippen molar-refractivity contribution in [3.05, 3.63) is 35.6 Å². The zero-order valence-electron chi connectivity index (χ0n) is 8.88. The normalized spacial score (nSPS) is 11.1. The molecule has 2 amide bonds. The van der Waals surface area contributed by atoms with Crippen LogP contribution in [-0.4, -0.2) is 12.6 Å². The average molecular weight is 210 g/mol. The van der Waals surface area contributed by atoms with Crippen molar-refractivity contribution in [1.29, 1.82) is 0 Å². The van der Waals surface area contributed by atoms with Gasteiger partial charge in [-0.25, -0.2) is 9.18 Å². The summed E-state index contributed by atoms with van der Waals surface area (Å²) >= 11 is 0. The fourth-order valence-corrected chi connectivity index (χ4v) is 1.32. The number of nitrogens with two attached hydrogens (primary N) is 1. The minimum Gasteiger partial charge on any atom is -0.352 e. The molecule has 3 N–H and O–H groups in total. The van der Waals surface area contributed by atoms with E-state index in [2.05, 4.69) is 5.32 Å². The number of hydrogen-bond donors (Lipinski definition) is 2. The molecule has 0 aliphatic rings. The Morgan fingerprint density at radius 3 is 2.73 bits per heavy atom. The van der Waals surface area contributed by atoms with Gasteiger partial charge in [-0.3, -0.25) is 0 Å². The second-order valence-corrected chi connectivity index (χ2v) is 4.11. The average Bonchev–Trinajstić information content (AvgIpc) is 2.15.